The van der Waals surface area contributed by atoms with Gasteiger partial charge in [0.2, 0.25) is 0 Å². The molecule has 0 aromatic heterocycles. The highest BCUT2D eigenvalue weighted by Crippen LogP contribution is 1.93. The molecule has 0 aromatic carbocycles. The van der Waals surface area contributed by atoms with Gasteiger partial charge >= 0.3 is 5.97 Å². The summed E-state index contributed by atoms with van der Waals surface area (Å²) in [7, 11) is 2.74. The summed E-state index contributed by atoms with van der Waals surface area (Å²) in [6.45, 7) is 0.357. The second-order valence-electron chi connectivity index (χ2n) is 1.82. The quantitative estimate of drug-likeness (QED) is 0.549. The van der Waals surface area contributed by atoms with E-state index in [1.165, 1.54) is 14.2 Å². The molecule has 1 N–H and O–H groups in total. The molecule has 0 heterocycles. The number of hydrogen-bond donors (Lipinski definition) is 1. The number of carbonyl (C=O) groups excluding carboxylic acids is 1. The number of aliphatic hydroxyl groups is 1. The third kappa shape index (κ3) is 3.42. The molecule has 4 nitrogen and oxygen atoms in total. The zero-order valence-corrected chi connectivity index (χ0v) is 6.16. The Labute approximate surface area is 59.7 Å². The fraction of sp³-hybridized carbons (Fsp3) is 0.833. The Bertz CT molecular complexity index is 102. The lowest BCUT2D eigenvalue weighted by Gasteiger charge is -2.05. The summed E-state index contributed by atoms with van der Waals surface area (Å²) in [5.41, 5.74) is 0. The molecule has 0 bridgehead atoms. The second kappa shape index (κ2) is 5.20. The number of rotatable bonds is 4. The van der Waals surface area contributed by atoms with E-state index in [1.807, 2.05) is 0 Å². The van der Waals surface area contributed by atoms with E-state index in [-0.39, 0.29) is 6.42 Å². The lowest BCUT2D eigenvalue weighted by Crippen LogP contribution is -2.22. The SMILES string of the molecule is COCCC(O)C(=O)OC. The Morgan fingerprint density at radius 1 is 1.60 bits per heavy atom. The van der Waals surface area contributed by atoms with Crippen LogP contribution in [-0.4, -0.2) is 38.0 Å². The molecule has 0 saturated heterocycles. The molecule has 1 atom stereocenters. The fourth-order valence-corrected chi connectivity index (χ4v) is 0.483. The fourth-order valence-electron chi connectivity index (χ4n) is 0.483. The molecule has 0 fully saturated rings. The lowest BCUT2D eigenvalue weighted by atomic mass is 10.3. The maximum Gasteiger partial charge on any atom is 0.334 e. The van der Waals surface area contributed by atoms with Gasteiger partial charge in [0.15, 0.2) is 6.10 Å². The van der Waals surface area contributed by atoms with Crippen molar-refractivity contribution in [2.24, 2.45) is 0 Å². The number of carbonyl (C=O) groups is 1. The van der Waals surface area contributed by atoms with Crippen LogP contribution in [0.25, 0.3) is 0 Å². The normalized spacial score (nSPS) is 12.7. The van der Waals surface area contributed by atoms with E-state index in [4.69, 9.17) is 5.11 Å². The van der Waals surface area contributed by atoms with E-state index >= 15 is 0 Å². The zero-order chi connectivity index (χ0) is 7.98. The summed E-state index contributed by atoms with van der Waals surface area (Å²) < 4.78 is 8.90. The first-order valence-corrected chi connectivity index (χ1v) is 2.97. The third-order valence-electron chi connectivity index (χ3n) is 1.07. The van der Waals surface area contributed by atoms with Crippen molar-refractivity contribution in [2.75, 3.05) is 20.8 Å². The highest BCUT2D eigenvalue weighted by atomic mass is 16.5. The van der Waals surface area contributed by atoms with Crippen molar-refractivity contribution in [3.63, 3.8) is 0 Å². The van der Waals surface area contributed by atoms with Gasteiger partial charge in [-0.3, -0.25) is 0 Å². The van der Waals surface area contributed by atoms with Gasteiger partial charge in [-0.25, -0.2) is 4.79 Å². The van der Waals surface area contributed by atoms with E-state index in [9.17, 15) is 4.79 Å². The topological polar surface area (TPSA) is 55.8 Å². The van der Waals surface area contributed by atoms with Crippen LogP contribution in [0.5, 0.6) is 0 Å². The standard InChI is InChI=1S/C6H12O4/c1-9-4-3-5(7)6(8)10-2/h5,7H,3-4H2,1-2H3. The van der Waals surface area contributed by atoms with Crippen LogP contribution in [-0.2, 0) is 14.3 Å². The summed E-state index contributed by atoms with van der Waals surface area (Å²) in [5.74, 6) is -0.614. The molecule has 0 saturated carbocycles. The second-order valence-corrected chi connectivity index (χ2v) is 1.82. The molecule has 0 aromatic rings. The average Bonchev–Trinajstić information content (AvgIpc) is 1.98. The minimum absolute atomic E-state index is 0.281. The molecule has 0 aliphatic heterocycles. The Hall–Kier alpha value is -0.610. The van der Waals surface area contributed by atoms with E-state index in [1.54, 1.807) is 0 Å². The lowest BCUT2D eigenvalue weighted by molar-refractivity contribution is -0.151. The molecule has 0 aliphatic rings. The number of esters is 1. The van der Waals surface area contributed by atoms with Crippen molar-refractivity contribution in [3.8, 4) is 0 Å². The monoisotopic (exact) mass is 148 g/mol. The molecular formula is C6H12O4. The van der Waals surface area contributed by atoms with E-state index in [0.29, 0.717) is 6.61 Å². The molecular weight excluding hydrogens is 136 g/mol. The van der Waals surface area contributed by atoms with Gasteiger partial charge in [0.1, 0.15) is 0 Å². The van der Waals surface area contributed by atoms with Crippen LogP contribution < -0.4 is 0 Å². The smallest absolute Gasteiger partial charge is 0.334 e. The van der Waals surface area contributed by atoms with E-state index in [2.05, 4.69) is 9.47 Å². The van der Waals surface area contributed by atoms with Gasteiger partial charge in [0, 0.05) is 20.1 Å². The van der Waals surface area contributed by atoms with Gasteiger partial charge in [-0.1, -0.05) is 0 Å². The predicted molar refractivity (Wildman–Crippen MR) is 34.5 cm³/mol. The van der Waals surface area contributed by atoms with Gasteiger partial charge in [0.25, 0.3) is 0 Å². The van der Waals surface area contributed by atoms with E-state index in [0.717, 1.165) is 0 Å². The summed E-state index contributed by atoms with van der Waals surface area (Å²) in [6, 6.07) is 0. The Morgan fingerprint density at radius 2 is 2.20 bits per heavy atom. The molecule has 0 rings (SSSR count). The predicted octanol–water partition coefficient (Wildman–Crippen LogP) is -0.443. The van der Waals surface area contributed by atoms with Gasteiger partial charge in [0.05, 0.1) is 7.11 Å². The van der Waals surface area contributed by atoms with Crippen LogP contribution in [0.4, 0.5) is 0 Å². The summed E-state index contributed by atoms with van der Waals surface area (Å²) in [6.07, 6.45) is -0.770. The highest BCUT2D eigenvalue weighted by Gasteiger charge is 2.13. The first kappa shape index (κ1) is 9.39. The largest absolute Gasteiger partial charge is 0.467 e. The van der Waals surface area contributed by atoms with Crippen molar-refractivity contribution < 1.29 is 19.4 Å². The van der Waals surface area contributed by atoms with Crippen molar-refractivity contribution in [3.05, 3.63) is 0 Å². The summed E-state index contributed by atoms with van der Waals surface area (Å²) in [4.78, 5) is 10.5. The van der Waals surface area contributed by atoms with Crippen LogP contribution in [0.1, 0.15) is 6.42 Å². The molecule has 4 heteroatoms. The van der Waals surface area contributed by atoms with Crippen LogP contribution >= 0.6 is 0 Å². The van der Waals surface area contributed by atoms with Gasteiger partial charge in [-0.05, 0) is 0 Å². The van der Waals surface area contributed by atoms with Crippen LogP contribution in [0.15, 0.2) is 0 Å². The van der Waals surface area contributed by atoms with Gasteiger partial charge in [-0.15, -0.1) is 0 Å². The van der Waals surface area contributed by atoms with Gasteiger partial charge in [-0.2, -0.15) is 0 Å². The third-order valence-corrected chi connectivity index (χ3v) is 1.07. The van der Waals surface area contributed by atoms with Crippen molar-refractivity contribution in [2.45, 2.75) is 12.5 Å². The van der Waals surface area contributed by atoms with E-state index < -0.39 is 12.1 Å². The first-order chi connectivity index (χ1) is 4.72. The average molecular weight is 148 g/mol. The van der Waals surface area contributed by atoms with Crippen molar-refractivity contribution in [1.29, 1.82) is 0 Å². The maximum absolute atomic E-state index is 10.5. The van der Waals surface area contributed by atoms with Crippen molar-refractivity contribution >= 4 is 5.97 Å². The molecule has 60 valence electrons. The maximum atomic E-state index is 10.5. The molecule has 0 aliphatic carbocycles. The molecule has 1 unspecified atom stereocenters. The van der Waals surface area contributed by atoms with Crippen LogP contribution in [0.2, 0.25) is 0 Å². The minimum Gasteiger partial charge on any atom is -0.467 e. The van der Waals surface area contributed by atoms with Gasteiger partial charge < -0.3 is 14.6 Å². The first-order valence-electron chi connectivity index (χ1n) is 2.97. The Morgan fingerprint density at radius 3 is 2.60 bits per heavy atom. The number of hydrogen-bond acceptors (Lipinski definition) is 4. The zero-order valence-electron chi connectivity index (χ0n) is 6.16. The highest BCUT2D eigenvalue weighted by molar-refractivity contribution is 5.74. The molecule has 0 amide bonds. The molecule has 10 heavy (non-hydrogen) atoms. The van der Waals surface area contributed by atoms with Crippen LogP contribution in [0, 0.1) is 0 Å². The molecule has 0 spiro atoms. The Kier molecular flexibility index (Phi) is 4.88. The number of methoxy groups -OCH3 is 2. The Balaban J connectivity index is 3.41. The summed E-state index contributed by atoms with van der Waals surface area (Å²) in [5, 5.41) is 8.89. The number of aliphatic hydroxyl groups excluding tert-OH is 1. The summed E-state index contributed by atoms with van der Waals surface area (Å²) >= 11 is 0. The van der Waals surface area contributed by atoms with Crippen molar-refractivity contribution in [1.82, 2.24) is 0 Å². The minimum atomic E-state index is -1.05. The molecule has 0 radical (unpaired) electrons. The van der Waals surface area contributed by atoms with Crippen LogP contribution in [0.3, 0.4) is 0 Å². The number of ether oxygens (including phenoxy) is 2.